The summed E-state index contributed by atoms with van der Waals surface area (Å²) in [5.41, 5.74) is 1.02. The number of ketones is 1. The molecule has 0 saturated heterocycles. The molecule has 0 aromatic rings. The van der Waals surface area contributed by atoms with Crippen LogP contribution in [0.15, 0.2) is 11.6 Å². The summed E-state index contributed by atoms with van der Waals surface area (Å²) in [5.74, 6) is 3.14. The molecule has 0 heterocycles. The van der Waals surface area contributed by atoms with Crippen LogP contribution in [-0.4, -0.2) is 27.7 Å². The summed E-state index contributed by atoms with van der Waals surface area (Å²) in [6.07, 6.45) is 11.6. The van der Waals surface area contributed by atoms with Crippen molar-refractivity contribution in [1.29, 1.82) is 0 Å². The van der Waals surface area contributed by atoms with Crippen LogP contribution in [0.3, 0.4) is 0 Å². The van der Waals surface area contributed by atoms with Crippen LogP contribution in [0.25, 0.3) is 0 Å². The number of aliphatic hydroxyl groups is 2. The van der Waals surface area contributed by atoms with Gasteiger partial charge in [0.05, 0.1) is 11.7 Å². The molecule has 0 amide bonds. The molecule has 2 N–H and O–H groups in total. The Hall–Kier alpha value is -0.670. The van der Waals surface area contributed by atoms with E-state index in [1.54, 1.807) is 0 Å². The summed E-state index contributed by atoms with van der Waals surface area (Å²) in [6.45, 7) is 11.2. The normalized spacial score (nSPS) is 44.0. The van der Waals surface area contributed by atoms with Gasteiger partial charge < -0.3 is 10.2 Å². The summed E-state index contributed by atoms with van der Waals surface area (Å²) in [4.78, 5) is 12.0. The molecule has 0 spiro atoms. The maximum absolute atomic E-state index is 12.0. The molecule has 8 atom stereocenters. The van der Waals surface area contributed by atoms with Gasteiger partial charge in [-0.15, -0.1) is 0 Å². The maximum atomic E-state index is 12.0. The Labute approximate surface area is 183 Å². The van der Waals surface area contributed by atoms with Gasteiger partial charge in [-0.1, -0.05) is 33.3 Å². The third-order valence-electron chi connectivity index (χ3n) is 10.1. The Morgan fingerprint density at radius 3 is 2.53 bits per heavy atom. The molecular weight excluding hydrogens is 372 g/mol. The lowest BCUT2D eigenvalue weighted by Gasteiger charge is -2.59. The SMILES string of the molecule is CC(C)CC(O)C[C@@](C)(O)[C@H]1CC[C@H]2[C@@H]3CCC4=CC(=O)CC[C@]4(C)[C@H]3CC[C@@]21C. The first-order valence-corrected chi connectivity index (χ1v) is 12.6. The standard InChI is InChI=1S/C27H44O3/c1-17(2)14-20(29)16-27(5,30)24-9-8-22-21-7-6-18-15-19(28)10-12-25(18,3)23(21)11-13-26(22,24)4/h15,17,20-24,29-30H,6-14,16H2,1-5H3/t20?,21-,22-,23-,24-,25-,26-,27+/m0/s1. The van der Waals surface area contributed by atoms with Crippen molar-refractivity contribution in [3.05, 3.63) is 11.6 Å². The first-order valence-electron chi connectivity index (χ1n) is 12.6. The van der Waals surface area contributed by atoms with Crippen LogP contribution in [0.2, 0.25) is 0 Å². The van der Waals surface area contributed by atoms with Crippen molar-refractivity contribution >= 4 is 5.78 Å². The third-order valence-corrected chi connectivity index (χ3v) is 10.1. The summed E-state index contributed by atoms with van der Waals surface area (Å²) in [6, 6.07) is 0. The smallest absolute Gasteiger partial charge is 0.155 e. The number of rotatable bonds is 5. The highest BCUT2D eigenvalue weighted by atomic mass is 16.3. The van der Waals surface area contributed by atoms with Crippen molar-refractivity contribution < 1.29 is 15.0 Å². The second-order valence-corrected chi connectivity index (χ2v) is 12.5. The molecule has 0 aromatic heterocycles. The summed E-state index contributed by atoms with van der Waals surface area (Å²) < 4.78 is 0. The average Bonchev–Trinajstić information content (AvgIpc) is 2.99. The van der Waals surface area contributed by atoms with Gasteiger partial charge in [-0.2, -0.15) is 0 Å². The minimum Gasteiger partial charge on any atom is -0.393 e. The Bertz CT molecular complexity index is 707. The highest BCUT2D eigenvalue weighted by Gasteiger charge is 2.61. The van der Waals surface area contributed by atoms with E-state index < -0.39 is 11.7 Å². The summed E-state index contributed by atoms with van der Waals surface area (Å²) in [5, 5.41) is 22.1. The van der Waals surface area contributed by atoms with Crippen molar-refractivity contribution in [3.63, 3.8) is 0 Å². The van der Waals surface area contributed by atoms with Crippen LogP contribution in [0.4, 0.5) is 0 Å². The summed E-state index contributed by atoms with van der Waals surface area (Å²) >= 11 is 0. The van der Waals surface area contributed by atoms with Crippen molar-refractivity contribution in [3.8, 4) is 0 Å². The van der Waals surface area contributed by atoms with Crippen molar-refractivity contribution in [2.75, 3.05) is 0 Å². The molecule has 0 bridgehead atoms. The van der Waals surface area contributed by atoms with Crippen LogP contribution in [-0.2, 0) is 4.79 Å². The molecule has 3 nitrogen and oxygen atoms in total. The predicted octanol–water partition coefficient (Wildman–Crippen LogP) is 5.68. The zero-order chi connectivity index (χ0) is 21.9. The van der Waals surface area contributed by atoms with Gasteiger partial charge in [-0.25, -0.2) is 0 Å². The van der Waals surface area contributed by atoms with E-state index in [4.69, 9.17) is 0 Å². The lowest BCUT2D eigenvalue weighted by Crippen LogP contribution is -2.53. The molecule has 4 aliphatic rings. The van der Waals surface area contributed by atoms with Gasteiger partial charge in [0, 0.05) is 12.8 Å². The molecule has 0 radical (unpaired) electrons. The van der Waals surface area contributed by atoms with Crippen LogP contribution in [0.1, 0.15) is 98.8 Å². The largest absolute Gasteiger partial charge is 0.393 e. The van der Waals surface area contributed by atoms with E-state index >= 15 is 0 Å². The van der Waals surface area contributed by atoms with Crippen LogP contribution < -0.4 is 0 Å². The molecule has 3 fully saturated rings. The monoisotopic (exact) mass is 416 g/mol. The third kappa shape index (κ3) is 3.62. The molecule has 3 heteroatoms. The predicted molar refractivity (Wildman–Crippen MR) is 121 cm³/mol. The van der Waals surface area contributed by atoms with Gasteiger partial charge in [-0.3, -0.25) is 4.79 Å². The average molecular weight is 417 g/mol. The van der Waals surface area contributed by atoms with E-state index in [0.29, 0.717) is 30.0 Å². The molecule has 4 aliphatic carbocycles. The fourth-order valence-electron chi connectivity index (χ4n) is 8.83. The van der Waals surface area contributed by atoms with E-state index in [1.165, 1.54) is 31.3 Å². The van der Waals surface area contributed by atoms with E-state index in [1.807, 2.05) is 13.0 Å². The lowest BCUT2D eigenvalue weighted by molar-refractivity contribution is -0.124. The molecule has 170 valence electrons. The summed E-state index contributed by atoms with van der Waals surface area (Å²) in [7, 11) is 0. The molecule has 30 heavy (non-hydrogen) atoms. The quantitative estimate of drug-likeness (QED) is 0.606. The highest BCUT2D eigenvalue weighted by Crippen LogP contribution is 2.68. The topological polar surface area (TPSA) is 57.5 Å². The number of hydrogen-bond donors (Lipinski definition) is 2. The van der Waals surface area contributed by atoms with Crippen molar-refractivity contribution in [2.45, 2.75) is 111 Å². The van der Waals surface area contributed by atoms with E-state index in [-0.39, 0.29) is 16.7 Å². The highest BCUT2D eigenvalue weighted by molar-refractivity contribution is 5.91. The Kier molecular flexibility index (Phi) is 5.80. The molecule has 0 aromatic carbocycles. The fourth-order valence-corrected chi connectivity index (χ4v) is 8.83. The van der Waals surface area contributed by atoms with E-state index in [9.17, 15) is 15.0 Å². The second kappa shape index (κ2) is 7.73. The maximum Gasteiger partial charge on any atom is 0.155 e. The van der Waals surface area contributed by atoms with Crippen molar-refractivity contribution in [2.24, 2.45) is 40.4 Å². The lowest BCUT2D eigenvalue weighted by atomic mass is 9.46. The van der Waals surface area contributed by atoms with E-state index in [2.05, 4.69) is 27.7 Å². The molecule has 0 aliphatic heterocycles. The first-order chi connectivity index (χ1) is 14.0. The molecule has 1 unspecified atom stereocenters. The number of allylic oxidation sites excluding steroid dienone is 1. The van der Waals surface area contributed by atoms with Gasteiger partial charge in [0.1, 0.15) is 0 Å². The van der Waals surface area contributed by atoms with E-state index in [0.717, 1.165) is 38.0 Å². The Balaban J connectivity index is 1.54. The number of fused-ring (bicyclic) bond motifs is 5. The van der Waals surface area contributed by atoms with Gasteiger partial charge in [0.25, 0.3) is 0 Å². The fraction of sp³-hybridized carbons (Fsp3) is 0.889. The molecule has 4 rings (SSSR count). The van der Waals surface area contributed by atoms with Gasteiger partial charge in [0.15, 0.2) is 5.78 Å². The number of aliphatic hydroxyl groups excluding tert-OH is 1. The van der Waals surface area contributed by atoms with Gasteiger partial charge >= 0.3 is 0 Å². The second-order valence-electron chi connectivity index (χ2n) is 12.5. The number of carbonyl (C=O) groups excluding carboxylic acids is 1. The molecule has 3 saturated carbocycles. The zero-order valence-corrected chi connectivity index (χ0v) is 19.9. The van der Waals surface area contributed by atoms with Gasteiger partial charge in [0.2, 0.25) is 0 Å². The van der Waals surface area contributed by atoms with Gasteiger partial charge in [-0.05, 0) is 105 Å². The van der Waals surface area contributed by atoms with Crippen LogP contribution in [0, 0.1) is 40.4 Å². The minimum absolute atomic E-state index is 0.171. The zero-order valence-electron chi connectivity index (χ0n) is 19.9. The Morgan fingerprint density at radius 1 is 1.10 bits per heavy atom. The number of carbonyl (C=O) groups is 1. The Morgan fingerprint density at radius 2 is 1.83 bits per heavy atom. The van der Waals surface area contributed by atoms with Crippen molar-refractivity contribution in [1.82, 2.24) is 0 Å². The first kappa shape index (κ1) is 22.5. The van der Waals surface area contributed by atoms with Crippen LogP contribution >= 0.6 is 0 Å². The van der Waals surface area contributed by atoms with Crippen LogP contribution in [0.5, 0.6) is 0 Å². The number of hydrogen-bond acceptors (Lipinski definition) is 3. The molecular formula is C27H44O3. The minimum atomic E-state index is -0.800.